The molecule has 1 aromatic heterocycles. The third-order valence-electron chi connectivity index (χ3n) is 3.60. The van der Waals surface area contributed by atoms with Crippen LogP contribution in [-0.4, -0.2) is 22.7 Å². The second kappa shape index (κ2) is 14.0. The minimum Gasteiger partial charge on any atom is -0.398 e. The van der Waals surface area contributed by atoms with Gasteiger partial charge in [-0.2, -0.15) is 0 Å². The molecule has 2 rings (SSSR count). The number of carbonyl (C=O) groups is 2. The number of nitrogens with zero attached hydrogens (tertiary/aromatic N) is 1. The van der Waals surface area contributed by atoms with Crippen molar-refractivity contribution in [3.05, 3.63) is 57.3 Å². The zero-order valence-corrected chi connectivity index (χ0v) is 18.8. The lowest BCUT2D eigenvalue weighted by molar-refractivity contribution is 0.0963. The first-order valence-corrected chi connectivity index (χ1v) is 10.1. The Morgan fingerprint density at radius 2 is 1.68 bits per heavy atom. The molecule has 2 aromatic rings. The van der Waals surface area contributed by atoms with Gasteiger partial charge in [-0.1, -0.05) is 35.7 Å². The van der Waals surface area contributed by atoms with Gasteiger partial charge in [0.05, 0.1) is 5.56 Å². The van der Waals surface area contributed by atoms with Gasteiger partial charge in [-0.3, -0.25) is 14.6 Å². The Hall–Kier alpha value is -2.12. The summed E-state index contributed by atoms with van der Waals surface area (Å²) in [7, 11) is 0. The first-order valence-electron chi connectivity index (χ1n) is 8.78. The average Bonchev–Trinajstić information content (AvgIpc) is 2.65. The van der Waals surface area contributed by atoms with Crippen LogP contribution in [0.2, 0.25) is 0 Å². The molecule has 6 N–H and O–H groups in total. The van der Waals surface area contributed by atoms with Crippen molar-refractivity contribution in [2.45, 2.75) is 40.0 Å². The molecule has 0 spiro atoms. The first kappa shape index (κ1) is 25.9. The van der Waals surface area contributed by atoms with Gasteiger partial charge in [0.15, 0.2) is 0 Å². The van der Waals surface area contributed by atoms with Crippen molar-refractivity contribution in [1.29, 1.82) is 0 Å². The number of anilines is 1. The van der Waals surface area contributed by atoms with E-state index in [1.807, 2.05) is 26.0 Å². The highest BCUT2D eigenvalue weighted by molar-refractivity contribution is 9.10. The zero-order chi connectivity index (χ0) is 21.7. The smallest absolute Gasteiger partial charge is 0.268 e. The second-order valence-corrected chi connectivity index (χ2v) is 7.27. The number of amides is 2. The highest BCUT2D eigenvalue weighted by Crippen LogP contribution is 2.21. The van der Waals surface area contributed by atoms with E-state index in [2.05, 4.69) is 27.8 Å². The molecule has 0 saturated carbocycles. The zero-order valence-electron chi connectivity index (χ0n) is 16.5. The molecule has 0 aliphatic carbocycles. The van der Waals surface area contributed by atoms with Crippen LogP contribution in [0.1, 0.15) is 58.2 Å². The summed E-state index contributed by atoms with van der Waals surface area (Å²) in [5.74, 6) is -0.644. The van der Waals surface area contributed by atoms with Crippen LogP contribution >= 0.6 is 27.5 Å². The van der Waals surface area contributed by atoms with E-state index in [9.17, 15) is 9.59 Å². The maximum atomic E-state index is 10.7. The van der Waals surface area contributed by atoms with Gasteiger partial charge in [-0.15, -0.1) is 11.6 Å². The lowest BCUT2D eigenvalue weighted by Gasteiger charge is -2.03. The molecular weight excluding hydrogens is 444 g/mol. The number of aromatic nitrogens is 1. The molecule has 1 heterocycles. The number of pyridine rings is 1. The van der Waals surface area contributed by atoms with Crippen LogP contribution in [-0.2, 0) is 0 Å². The summed E-state index contributed by atoms with van der Waals surface area (Å²) in [4.78, 5) is 25.0. The Kier molecular flexibility index (Phi) is 12.9. The van der Waals surface area contributed by atoms with E-state index in [0.717, 1.165) is 27.2 Å². The number of nitrogens with two attached hydrogens (primary N) is 3. The standard InChI is InChI=1S/C8H10BrN.C7H7N3O2.C5H11Cl/c1-5-3-7(9)4-6(2)8(5)10;8-6(11)4-2-1-3-10-5(4)7(9)12;1-2-3-4-5-6/h3-4H,10H2,1-2H3;1-3H,(H2,8,11)(H2,9,12);2-5H2,1H3. The van der Waals surface area contributed by atoms with E-state index in [1.165, 1.54) is 37.6 Å². The number of nitrogen functional groups attached to an aromatic ring is 1. The molecule has 0 aliphatic heterocycles. The summed E-state index contributed by atoms with van der Waals surface area (Å²) in [5, 5.41) is 0. The summed E-state index contributed by atoms with van der Waals surface area (Å²) < 4.78 is 1.09. The van der Waals surface area contributed by atoms with Crippen LogP contribution in [0.4, 0.5) is 5.69 Å². The van der Waals surface area contributed by atoms with Gasteiger partial charge >= 0.3 is 0 Å². The van der Waals surface area contributed by atoms with Crippen molar-refractivity contribution in [2.24, 2.45) is 11.5 Å². The maximum absolute atomic E-state index is 10.7. The highest BCUT2D eigenvalue weighted by Gasteiger charge is 2.12. The van der Waals surface area contributed by atoms with E-state index in [4.69, 9.17) is 28.8 Å². The number of hydrogen-bond acceptors (Lipinski definition) is 4. The van der Waals surface area contributed by atoms with Crippen LogP contribution in [0.3, 0.4) is 0 Å². The summed E-state index contributed by atoms with van der Waals surface area (Å²) >= 11 is 8.77. The van der Waals surface area contributed by atoms with E-state index < -0.39 is 11.8 Å². The number of hydrogen-bond donors (Lipinski definition) is 3. The highest BCUT2D eigenvalue weighted by atomic mass is 79.9. The first-order chi connectivity index (χ1) is 13.1. The normalized spacial score (nSPS) is 9.46. The molecule has 0 atom stereocenters. The Morgan fingerprint density at radius 1 is 1.11 bits per heavy atom. The molecular formula is C20H28BrClN4O2. The molecule has 28 heavy (non-hydrogen) atoms. The number of benzene rings is 1. The third kappa shape index (κ3) is 9.71. The van der Waals surface area contributed by atoms with Crippen LogP contribution in [0.25, 0.3) is 0 Å². The summed E-state index contributed by atoms with van der Waals surface area (Å²) in [5.41, 5.74) is 18.7. The van der Waals surface area contributed by atoms with Crippen molar-refractivity contribution in [3.8, 4) is 0 Å². The number of rotatable bonds is 5. The van der Waals surface area contributed by atoms with Crippen molar-refractivity contribution in [1.82, 2.24) is 4.98 Å². The molecule has 0 bridgehead atoms. The fraction of sp³-hybridized carbons (Fsp3) is 0.350. The molecule has 8 heteroatoms. The van der Waals surface area contributed by atoms with Crippen molar-refractivity contribution < 1.29 is 9.59 Å². The van der Waals surface area contributed by atoms with Gasteiger partial charge in [0.2, 0.25) is 0 Å². The fourth-order valence-corrected chi connectivity index (χ4v) is 2.94. The Morgan fingerprint density at radius 3 is 2.04 bits per heavy atom. The van der Waals surface area contributed by atoms with E-state index in [0.29, 0.717) is 0 Å². The van der Waals surface area contributed by atoms with Gasteiger partial charge in [0.25, 0.3) is 11.8 Å². The second-order valence-electron chi connectivity index (χ2n) is 5.98. The van der Waals surface area contributed by atoms with Crippen LogP contribution in [0.5, 0.6) is 0 Å². The van der Waals surface area contributed by atoms with Gasteiger partial charge in [-0.25, -0.2) is 0 Å². The predicted molar refractivity (Wildman–Crippen MR) is 120 cm³/mol. The molecule has 0 radical (unpaired) electrons. The number of alkyl halides is 1. The van der Waals surface area contributed by atoms with Crippen molar-refractivity contribution in [3.63, 3.8) is 0 Å². The van der Waals surface area contributed by atoms with Crippen molar-refractivity contribution in [2.75, 3.05) is 11.6 Å². The Bertz CT molecular complexity index is 725. The number of unbranched alkanes of at least 4 members (excludes halogenated alkanes) is 2. The maximum Gasteiger partial charge on any atom is 0.268 e. The Labute approximate surface area is 180 Å². The number of primary amides is 2. The van der Waals surface area contributed by atoms with Crippen LogP contribution < -0.4 is 17.2 Å². The molecule has 1 aromatic carbocycles. The topological polar surface area (TPSA) is 125 Å². The van der Waals surface area contributed by atoms with E-state index in [1.54, 1.807) is 0 Å². The lowest BCUT2D eigenvalue weighted by Crippen LogP contribution is -2.21. The monoisotopic (exact) mass is 470 g/mol. The number of halogens is 2. The molecule has 0 unspecified atom stereocenters. The van der Waals surface area contributed by atoms with E-state index in [-0.39, 0.29) is 11.3 Å². The minimum absolute atomic E-state index is 0.0463. The summed E-state index contributed by atoms with van der Waals surface area (Å²) in [6, 6.07) is 6.94. The molecule has 0 aliphatic rings. The largest absolute Gasteiger partial charge is 0.398 e. The van der Waals surface area contributed by atoms with Gasteiger partial charge in [0, 0.05) is 22.2 Å². The average molecular weight is 472 g/mol. The molecule has 2 amide bonds. The number of aryl methyl sites for hydroxylation is 2. The lowest BCUT2D eigenvalue weighted by atomic mass is 10.1. The summed E-state index contributed by atoms with van der Waals surface area (Å²) in [6.45, 7) is 6.19. The van der Waals surface area contributed by atoms with Gasteiger partial charge in [-0.05, 0) is 55.7 Å². The molecule has 6 nitrogen and oxygen atoms in total. The van der Waals surface area contributed by atoms with Crippen LogP contribution in [0.15, 0.2) is 34.9 Å². The molecule has 154 valence electrons. The van der Waals surface area contributed by atoms with Gasteiger partial charge < -0.3 is 17.2 Å². The molecule has 0 saturated heterocycles. The van der Waals surface area contributed by atoms with Crippen LogP contribution in [0, 0.1) is 13.8 Å². The SMILES string of the molecule is CCCCCCl.Cc1cc(Br)cc(C)c1N.NC(=O)c1cccnc1C(N)=O. The predicted octanol–water partition coefficient (Wildman–Crippen LogP) is 4.34. The minimum atomic E-state index is -0.760. The van der Waals surface area contributed by atoms with Gasteiger partial charge in [0.1, 0.15) is 5.69 Å². The quantitative estimate of drug-likeness (QED) is 0.340. The van der Waals surface area contributed by atoms with E-state index >= 15 is 0 Å². The van der Waals surface area contributed by atoms with Crippen molar-refractivity contribution >= 4 is 45.0 Å². The Balaban J connectivity index is 0.000000414. The number of carbonyl (C=O) groups excluding carboxylic acids is 2. The summed E-state index contributed by atoms with van der Waals surface area (Å²) in [6.07, 6.45) is 5.10. The fourth-order valence-electron chi connectivity index (χ4n) is 2.07. The third-order valence-corrected chi connectivity index (χ3v) is 4.33. The molecule has 0 fully saturated rings.